The molecule has 0 aromatic heterocycles. The van der Waals surface area contributed by atoms with Crippen LogP contribution in [0.25, 0.3) is 0 Å². The van der Waals surface area contributed by atoms with E-state index in [0.29, 0.717) is 24.0 Å². The standard InChI is InChI=1S/C28H47N3O5/c1-11-13-17-31(25(34)21(18(3)12-2)29-26(35)36-28(8,9)10)22(24(33)30-27(5,6)7)20-16-14-15-19(4)23(20)32/h14-16,18,21-22,32H,11-13,17H2,1-10H3,(H,29,35)(H,30,33). The van der Waals surface area contributed by atoms with Gasteiger partial charge in [-0.15, -0.1) is 0 Å². The van der Waals surface area contributed by atoms with E-state index in [9.17, 15) is 19.5 Å². The van der Waals surface area contributed by atoms with E-state index in [1.54, 1.807) is 45.9 Å². The van der Waals surface area contributed by atoms with Crippen molar-refractivity contribution in [2.45, 2.75) is 112 Å². The Morgan fingerprint density at radius 3 is 2.19 bits per heavy atom. The molecule has 0 heterocycles. The lowest BCUT2D eigenvalue weighted by atomic mass is 9.94. The van der Waals surface area contributed by atoms with Crippen molar-refractivity contribution < 1.29 is 24.2 Å². The highest BCUT2D eigenvalue weighted by Gasteiger charge is 2.39. The van der Waals surface area contributed by atoms with Gasteiger partial charge in [0.15, 0.2) is 0 Å². The Bertz CT molecular complexity index is 901. The second kappa shape index (κ2) is 13.0. The molecule has 0 aliphatic carbocycles. The number of amides is 3. The quantitative estimate of drug-likeness (QED) is 0.404. The van der Waals surface area contributed by atoms with Crippen LogP contribution in [0.5, 0.6) is 5.75 Å². The van der Waals surface area contributed by atoms with Crippen LogP contribution in [0.1, 0.15) is 98.7 Å². The van der Waals surface area contributed by atoms with Crippen molar-refractivity contribution in [3.05, 3.63) is 29.3 Å². The molecule has 3 N–H and O–H groups in total. The molecule has 0 aliphatic heterocycles. The first kappa shape index (κ1) is 31.3. The van der Waals surface area contributed by atoms with Gasteiger partial charge in [0.2, 0.25) is 11.8 Å². The topological polar surface area (TPSA) is 108 Å². The number of aromatic hydroxyl groups is 1. The summed E-state index contributed by atoms with van der Waals surface area (Å²) in [6, 6.07) is 3.20. The largest absolute Gasteiger partial charge is 0.507 e. The zero-order valence-electron chi connectivity index (χ0n) is 23.8. The molecular weight excluding hydrogens is 458 g/mol. The SMILES string of the molecule is CCCCN(C(=O)C(NC(=O)OC(C)(C)C)C(C)CC)C(C(=O)NC(C)(C)C)c1cccc(C)c1O. The van der Waals surface area contributed by atoms with Crippen LogP contribution in [0, 0.1) is 12.8 Å². The van der Waals surface area contributed by atoms with Crippen LogP contribution in [-0.2, 0) is 14.3 Å². The number of aryl methyl sites for hydroxylation is 1. The summed E-state index contributed by atoms with van der Waals surface area (Å²) in [6.07, 6.45) is 1.38. The van der Waals surface area contributed by atoms with Gasteiger partial charge in [-0.05, 0) is 66.4 Å². The van der Waals surface area contributed by atoms with Crippen molar-refractivity contribution in [2.24, 2.45) is 5.92 Å². The lowest BCUT2D eigenvalue weighted by molar-refractivity contribution is -0.144. The van der Waals surface area contributed by atoms with Crippen LogP contribution in [0.3, 0.4) is 0 Å². The highest BCUT2D eigenvalue weighted by atomic mass is 16.6. The molecule has 0 saturated carbocycles. The van der Waals surface area contributed by atoms with Gasteiger partial charge in [0.05, 0.1) is 0 Å². The molecule has 36 heavy (non-hydrogen) atoms. The number of alkyl carbamates (subject to hydrolysis) is 1. The van der Waals surface area contributed by atoms with Gasteiger partial charge in [0.25, 0.3) is 0 Å². The predicted molar refractivity (Wildman–Crippen MR) is 143 cm³/mol. The third-order valence-electron chi connectivity index (χ3n) is 5.81. The van der Waals surface area contributed by atoms with Crippen LogP contribution in [0.15, 0.2) is 18.2 Å². The fourth-order valence-electron chi connectivity index (χ4n) is 3.78. The highest BCUT2D eigenvalue weighted by molar-refractivity contribution is 5.93. The number of hydrogen-bond acceptors (Lipinski definition) is 5. The van der Waals surface area contributed by atoms with Gasteiger partial charge in [-0.1, -0.05) is 51.8 Å². The van der Waals surface area contributed by atoms with Crippen molar-refractivity contribution >= 4 is 17.9 Å². The molecule has 8 heteroatoms. The minimum Gasteiger partial charge on any atom is -0.507 e. The summed E-state index contributed by atoms with van der Waals surface area (Å²) in [5.41, 5.74) is -0.327. The molecular formula is C28H47N3O5. The number of unbranched alkanes of at least 4 members (excludes halogenated alkanes) is 1. The number of carbonyl (C=O) groups excluding carboxylic acids is 3. The minimum absolute atomic E-state index is 0.0268. The third kappa shape index (κ3) is 9.36. The van der Waals surface area contributed by atoms with Crippen LogP contribution < -0.4 is 10.6 Å². The maximum atomic E-state index is 14.1. The van der Waals surface area contributed by atoms with Crippen LogP contribution in [-0.4, -0.2) is 51.6 Å². The molecule has 0 radical (unpaired) electrons. The first-order valence-corrected chi connectivity index (χ1v) is 12.9. The van der Waals surface area contributed by atoms with E-state index in [0.717, 1.165) is 6.42 Å². The molecule has 1 rings (SSSR count). The summed E-state index contributed by atoms with van der Waals surface area (Å²) in [7, 11) is 0. The second-order valence-corrected chi connectivity index (χ2v) is 11.5. The average molecular weight is 506 g/mol. The van der Waals surface area contributed by atoms with Gasteiger partial charge in [0, 0.05) is 17.6 Å². The van der Waals surface area contributed by atoms with Crippen molar-refractivity contribution in [3.8, 4) is 5.75 Å². The molecule has 3 unspecified atom stereocenters. The van der Waals surface area contributed by atoms with Crippen LogP contribution in [0.2, 0.25) is 0 Å². The Morgan fingerprint density at radius 1 is 1.08 bits per heavy atom. The molecule has 0 fully saturated rings. The predicted octanol–water partition coefficient (Wildman–Crippen LogP) is 5.22. The summed E-state index contributed by atoms with van der Waals surface area (Å²) in [6.45, 7) is 18.7. The number of benzene rings is 1. The maximum Gasteiger partial charge on any atom is 0.408 e. The fraction of sp³-hybridized carbons (Fsp3) is 0.679. The van der Waals surface area contributed by atoms with Gasteiger partial charge >= 0.3 is 6.09 Å². The van der Waals surface area contributed by atoms with E-state index in [4.69, 9.17) is 4.74 Å². The molecule has 0 spiro atoms. The normalized spacial score (nSPS) is 14.4. The van der Waals surface area contributed by atoms with Crippen LogP contribution >= 0.6 is 0 Å². The first-order valence-electron chi connectivity index (χ1n) is 12.9. The van der Waals surface area contributed by atoms with Crippen molar-refractivity contribution in [1.29, 1.82) is 0 Å². The lowest BCUT2D eigenvalue weighted by Gasteiger charge is -2.37. The number of hydrogen-bond donors (Lipinski definition) is 3. The van der Waals surface area contributed by atoms with E-state index in [1.165, 1.54) is 4.90 Å². The summed E-state index contributed by atoms with van der Waals surface area (Å²) < 4.78 is 5.43. The molecule has 1 aromatic carbocycles. The van der Waals surface area contributed by atoms with E-state index in [-0.39, 0.29) is 18.2 Å². The van der Waals surface area contributed by atoms with Crippen molar-refractivity contribution in [3.63, 3.8) is 0 Å². The number of para-hydroxylation sites is 1. The Kier molecular flexibility index (Phi) is 11.3. The Balaban J connectivity index is 3.62. The van der Waals surface area contributed by atoms with Gasteiger partial charge in [0.1, 0.15) is 23.4 Å². The number of rotatable bonds is 10. The highest BCUT2D eigenvalue weighted by Crippen LogP contribution is 2.33. The summed E-state index contributed by atoms with van der Waals surface area (Å²) in [5, 5.41) is 16.7. The Morgan fingerprint density at radius 2 is 1.69 bits per heavy atom. The smallest absolute Gasteiger partial charge is 0.408 e. The molecule has 204 valence electrons. The number of phenolic OH excluding ortho intramolecular Hbond substituents is 1. The number of ether oxygens (including phenoxy) is 1. The first-order chi connectivity index (χ1) is 16.5. The Labute approximate surface area is 217 Å². The second-order valence-electron chi connectivity index (χ2n) is 11.5. The van der Waals surface area contributed by atoms with Gasteiger partial charge < -0.3 is 25.4 Å². The Hall–Kier alpha value is -2.77. The summed E-state index contributed by atoms with van der Waals surface area (Å²) in [5.74, 6) is -1.03. The number of nitrogens with zero attached hydrogens (tertiary/aromatic N) is 1. The summed E-state index contributed by atoms with van der Waals surface area (Å²) in [4.78, 5) is 42.0. The average Bonchev–Trinajstić information content (AvgIpc) is 2.74. The van der Waals surface area contributed by atoms with Gasteiger partial charge in [-0.3, -0.25) is 9.59 Å². The van der Waals surface area contributed by atoms with Crippen LogP contribution in [0.4, 0.5) is 4.79 Å². The number of nitrogens with one attached hydrogen (secondary N) is 2. The number of phenols is 1. The summed E-state index contributed by atoms with van der Waals surface area (Å²) >= 11 is 0. The van der Waals surface area contributed by atoms with E-state index in [2.05, 4.69) is 10.6 Å². The van der Waals surface area contributed by atoms with Crippen molar-refractivity contribution in [2.75, 3.05) is 6.54 Å². The number of carbonyl (C=O) groups is 3. The van der Waals surface area contributed by atoms with E-state index in [1.807, 2.05) is 41.5 Å². The molecule has 0 aliphatic rings. The third-order valence-corrected chi connectivity index (χ3v) is 5.81. The maximum absolute atomic E-state index is 14.1. The molecule has 0 saturated heterocycles. The van der Waals surface area contributed by atoms with E-state index < -0.39 is 41.1 Å². The van der Waals surface area contributed by atoms with Gasteiger partial charge in [-0.25, -0.2) is 4.79 Å². The minimum atomic E-state index is -1.07. The van der Waals surface area contributed by atoms with E-state index >= 15 is 0 Å². The fourth-order valence-corrected chi connectivity index (χ4v) is 3.78. The van der Waals surface area contributed by atoms with Crippen molar-refractivity contribution in [1.82, 2.24) is 15.5 Å². The zero-order valence-corrected chi connectivity index (χ0v) is 23.8. The molecule has 8 nitrogen and oxygen atoms in total. The molecule has 1 aromatic rings. The molecule has 0 bridgehead atoms. The zero-order chi connectivity index (χ0) is 27.8. The molecule has 3 amide bonds. The van der Waals surface area contributed by atoms with Gasteiger partial charge in [-0.2, -0.15) is 0 Å². The monoisotopic (exact) mass is 505 g/mol. The molecule has 3 atom stereocenters. The lowest BCUT2D eigenvalue weighted by Crippen LogP contribution is -2.56.